The third kappa shape index (κ3) is 4.01. The molecule has 3 aromatic rings. The molecule has 0 aliphatic carbocycles. The Kier molecular flexibility index (Phi) is 5.34. The number of benzene rings is 3. The Bertz CT molecular complexity index is 1070. The van der Waals surface area contributed by atoms with Crippen LogP contribution in [0.3, 0.4) is 0 Å². The van der Waals surface area contributed by atoms with Gasteiger partial charge < -0.3 is 24.6 Å². The van der Waals surface area contributed by atoms with Gasteiger partial charge in [0.1, 0.15) is 17.1 Å². The lowest BCUT2D eigenvalue weighted by Gasteiger charge is -2.46. The van der Waals surface area contributed by atoms with Crippen LogP contribution in [-0.4, -0.2) is 47.5 Å². The predicted molar refractivity (Wildman–Crippen MR) is 121 cm³/mol. The zero-order valence-electron chi connectivity index (χ0n) is 17.8. The fraction of sp³-hybridized carbons (Fsp3) is 0.385. The van der Waals surface area contributed by atoms with Gasteiger partial charge in [-0.1, -0.05) is 36.4 Å². The van der Waals surface area contributed by atoms with Gasteiger partial charge in [0.15, 0.2) is 0 Å². The molecule has 0 aromatic heterocycles. The van der Waals surface area contributed by atoms with Crippen LogP contribution >= 0.6 is 0 Å². The van der Waals surface area contributed by atoms with Crippen molar-refractivity contribution in [3.05, 3.63) is 71.8 Å². The average Bonchev–Trinajstić information content (AvgIpc) is 2.80. The highest BCUT2D eigenvalue weighted by Crippen LogP contribution is 2.45. The molecule has 31 heavy (non-hydrogen) atoms. The summed E-state index contributed by atoms with van der Waals surface area (Å²) >= 11 is 0. The first kappa shape index (κ1) is 20.3. The molecule has 5 rings (SSSR count). The molecule has 0 radical (unpaired) electrons. The summed E-state index contributed by atoms with van der Waals surface area (Å²) in [4.78, 5) is 2.30. The second-order valence-electron chi connectivity index (χ2n) is 8.83. The van der Waals surface area contributed by atoms with Gasteiger partial charge in [0, 0.05) is 31.6 Å². The normalized spacial score (nSPS) is 21.5. The number of hydrogen-bond acceptors (Lipinski definition) is 5. The lowest BCUT2D eigenvalue weighted by Crippen LogP contribution is -2.51. The number of piperidine rings is 1. The number of aliphatic hydroxyl groups excluding tert-OH is 2. The number of β-amino-alcohol motifs (C(OH)–C–C–N with tert-alkyl or cyclic N) is 1. The van der Waals surface area contributed by atoms with Crippen LogP contribution in [0.1, 0.15) is 42.6 Å². The summed E-state index contributed by atoms with van der Waals surface area (Å²) in [6.07, 6.45) is 1.19. The second-order valence-corrected chi connectivity index (χ2v) is 8.83. The van der Waals surface area contributed by atoms with Crippen molar-refractivity contribution in [2.24, 2.45) is 0 Å². The van der Waals surface area contributed by atoms with Crippen molar-refractivity contribution >= 4 is 10.8 Å². The number of likely N-dealkylation sites (tertiary alicyclic amines) is 1. The first-order valence-electron chi connectivity index (χ1n) is 11.0. The maximum absolute atomic E-state index is 10.8. The molecule has 0 amide bonds. The summed E-state index contributed by atoms with van der Waals surface area (Å²) in [5.74, 6) is 1.49. The van der Waals surface area contributed by atoms with E-state index < -0.39 is 12.2 Å². The first-order chi connectivity index (χ1) is 15.0. The fourth-order valence-electron chi connectivity index (χ4n) is 4.96. The number of ether oxygens (including phenoxy) is 2. The van der Waals surface area contributed by atoms with E-state index in [-0.39, 0.29) is 5.60 Å². The molecule has 2 heterocycles. The van der Waals surface area contributed by atoms with Crippen LogP contribution in [0, 0.1) is 0 Å². The van der Waals surface area contributed by atoms with Crippen LogP contribution in [0.2, 0.25) is 0 Å². The van der Waals surface area contributed by atoms with Crippen molar-refractivity contribution in [2.75, 3.05) is 26.7 Å². The van der Waals surface area contributed by atoms with Crippen LogP contribution in [0.15, 0.2) is 60.7 Å². The largest absolute Gasteiger partial charge is 0.497 e. The number of aliphatic hydroxyl groups is 2. The molecule has 3 aromatic carbocycles. The number of fused-ring (bicyclic) bond motifs is 2. The standard InChI is InChI=1S/C26H29NO4/c1-30-21-8-9-25-22(15-21)23(28)16-26(31-25)10-12-27(13-11-26)17-24(29)20-7-6-18-4-2-3-5-19(18)14-20/h2-9,14-15,23-24,28-29H,10-13,16-17H2,1H3/t23-,24+/m1/s1. The molecule has 2 aliphatic rings. The maximum Gasteiger partial charge on any atom is 0.126 e. The van der Waals surface area contributed by atoms with Crippen LogP contribution in [0.25, 0.3) is 10.8 Å². The van der Waals surface area contributed by atoms with E-state index in [4.69, 9.17) is 9.47 Å². The Morgan fingerprint density at radius 1 is 1.06 bits per heavy atom. The molecule has 1 fully saturated rings. The van der Waals surface area contributed by atoms with Gasteiger partial charge in [0.25, 0.3) is 0 Å². The van der Waals surface area contributed by atoms with Crippen molar-refractivity contribution in [1.82, 2.24) is 4.90 Å². The minimum absolute atomic E-state index is 0.342. The molecule has 0 saturated carbocycles. The van der Waals surface area contributed by atoms with Crippen molar-refractivity contribution in [1.29, 1.82) is 0 Å². The Balaban J connectivity index is 1.23. The van der Waals surface area contributed by atoms with E-state index in [9.17, 15) is 10.2 Å². The molecule has 2 atom stereocenters. The van der Waals surface area contributed by atoms with Gasteiger partial charge in [-0.2, -0.15) is 0 Å². The minimum Gasteiger partial charge on any atom is -0.497 e. The summed E-state index contributed by atoms with van der Waals surface area (Å²) in [7, 11) is 1.63. The predicted octanol–water partition coefficient (Wildman–Crippen LogP) is 4.23. The van der Waals surface area contributed by atoms with Gasteiger partial charge in [-0.15, -0.1) is 0 Å². The minimum atomic E-state index is -0.548. The van der Waals surface area contributed by atoms with E-state index in [1.165, 1.54) is 5.39 Å². The molecule has 5 nitrogen and oxygen atoms in total. The van der Waals surface area contributed by atoms with Gasteiger partial charge in [0.2, 0.25) is 0 Å². The van der Waals surface area contributed by atoms with E-state index >= 15 is 0 Å². The highest BCUT2D eigenvalue weighted by atomic mass is 16.5. The van der Waals surface area contributed by atoms with Gasteiger partial charge in [-0.05, 0) is 53.4 Å². The zero-order chi connectivity index (χ0) is 21.4. The van der Waals surface area contributed by atoms with Crippen LogP contribution < -0.4 is 9.47 Å². The van der Waals surface area contributed by atoms with E-state index in [0.29, 0.717) is 13.0 Å². The quantitative estimate of drug-likeness (QED) is 0.663. The third-order valence-electron chi connectivity index (χ3n) is 6.82. The van der Waals surface area contributed by atoms with Crippen LogP contribution in [-0.2, 0) is 0 Å². The van der Waals surface area contributed by atoms with Gasteiger partial charge in [-0.25, -0.2) is 0 Å². The summed E-state index contributed by atoms with van der Waals surface area (Å²) in [5.41, 5.74) is 1.41. The topological polar surface area (TPSA) is 62.2 Å². The van der Waals surface area contributed by atoms with Gasteiger partial charge >= 0.3 is 0 Å². The Labute approximate surface area is 182 Å². The van der Waals surface area contributed by atoms with Gasteiger partial charge in [-0.3, -0.25) is 0 Å². The highest BCUT2D eigenvalue weighted by molar-refractivity contribution is 5.83. The lowest BCUT2D eigenvalue weighted by molar-refractivity contribution is -0.0588. The highest BCUT2D eigenvalue weighted by Gasteiger charge is 2.43. The molecule has 2 N–H and O–H groups in total. The number of hydrogen-bond donors (Lipinski definition) is 2. The third-order valence-corrected chi connectivity index (χ3v) is 6.82. The van der Waals surface area contributed by atoms with Crippen molar-refractivity contribution in [2.45, 2.75) is 37.1 Å². The molecular weight excluding hydrogens is 390 g/mol. The van der Waals surface area contributed by atoms with Crippen LogP contribution in [0.4, 0.5) is 0 Å². The number of nitrogens with zero attached hydrogens (tertiary/aromatic N) is 1. The number of methoxy groups -OCH3 is 1. The van der Waals surface area contributed by atoms with E-state index in [1.807, 2.05) is 36.4 Å². The van der Waals surface area contributed by atoms with Crippen molar-refractivity contribution in [3.8, 4) is 11.5 Å². The molecule has 1 saturated heterocycles. The summed E-state index contributed by atoms with van der Waals surface area (Å²) < 4.78 is 11.7. The SMILES string of the molecule is COc1ccc2c(c1)[C@H](O)CC1(CCN(C[C@H](O)c3ccc4ccccc4c3)CC1)O2. The molecule has 1 spiro atoms. The van der Waals surface area contributed by atoms with E-state index in [2.05, 4.69) is 29.2 Å². The first-order valence-corrected chi connectivity index (χ1v) is 11.0. The summed E-state index contributed by atoms with van der Waals surface area (Å²) in [6.45, 7) is 2.27. The molecule has 0 bridgehead atoms. The number of rotatable bonds is 4. The Morgan fingerprint density at radius 2 is 1.84 bits per heavy atom. The average molecular weight is 420 g/mol. The Hall–Kier alpha value is -2.60. The van der Waals surface area contributed by atoms with Crippen molar-refractivity contribution < 1.29 is 19.7 Å². The fourth-order valence-corrected chi connectivity index (χ4v) is 4.96. The Morgan fingerprint density at radius 3 is 2.61 bits per heavy atom. The summed E-state index contributed by atoms with van der Waals surface area (Å²) in [6, 6.07) is 20.0. The molecular formula is C26H29NO4. The molecule has 5 heteroatoms. The van der Waals surface area contributed by atoms with E-state index in [0.717, 1.165) is 53.9 Å². The zero-order valence-corrected chi connectivity index (χ0v) is 17.8. The smallest absolute Gasteiger partial charge is 0.126 e. The molecule has 0 unspecified atom stereocenters. The van der Waals surface area contributed by atoms with Gasteiger partial charge in [0.05, 0.1) is 19.3 Å². The lowest BCUT2D eigenvalue weighted by atomic mass is 9.81. The molecule has 162 valence electrons. The molecule has 2 aliphatic heterocycles. The second kappa shape index (κ2) is 8.15. The van der Waals surface area contributed by atoms with Crippen molar-refractivity contribution in [3.63, 3.8) is 0 Å². The summed E-state index contributed by atoms with van der Waals surface area (Å²) in [5, 5.41) is 23.9. The maximum atomic E-state index is 10.8. The monoisotopic (exact) mass is 419 g/mol. The van der Waals surface area contributed by atoms with Crippen LogP contribution in [0.5, 0.6) is 11.5 Å². The van der Waals surface area contributed by atoms with E-state index in [1.54, 1.807) is 7.11 Å².